The number of nitrogen functional groups attached to an aromatic ring is 1. The van der Waals surface area contributed by atoms with Crippen molar-refractivity contribution in [3.8, 4) is 0 Å². The summed E-state index contributed by atoms with van der Waals surface area (Å²) in [5.74, 6) is 1.72. The third kappa shape index (κ3) is 1.85. The number of hydrogen-bond acceptors (Lipinski definition) is 4. The maximum Gasteiger partial charge on any atom is 0.153 e. The number of imidazole rings is 1. The van der Waals surface area contributed by atoms with Crippen LogP contribution in [0.3, 0.4) is 0 Å². The second kappa shape index (κ2) is 3.68. The molecule has 2 aromatic heterocycles. The average molecular weight is 233 g/mol. The number of anilines is 1. The van der Waals surface area contributed by atoms with E-state index in [0.29, 0.717) is 11.7 Å². The Kier molecular flexibility index (Phi) is 2.56. The molecular weight excluding hydrogens is 214 g/mol. The third-order valence-electron chi connectivity index (χ3n) is 2.71. The van der Waals surface area contributed by atoms with E-state index in [1.54, 1.807) is 0 Å². The zero-order valence-electron chi connectivity index (χ0n) is 11.0. The highest BCUT2D eigenvalue weighted by molar-refractivity contribution is 5.69. The molecule has 0 radical (unpaired) electrons. The van der Waals surface area contributed by atoms with Crippen molar-refractivity contribution in [1.29, 1.82) is 0 Å². The van der Waals surface area contributed by atoms with Gasteiger partial charge in [-0.1, -0.05) is 34.6 Å². The first-order valence-corrected chi connectivity index (χ1v) is 5.82. The number of hydrogen-bond donors (Lipinski definition) is 1. The predicted molar refractivity (Wildman–Crippen MR) is 68.0 cm³/mol. The Hall–Kier alpha value is -1.65. The van der Waals surface area contributed by atoms with Gasteiger partial charge in [0.1, 0.15) is 17.7 Å². The summed E-state index contributed by atoms with van der Waals surface area (Å²) >= 11 is 0. The molecule has 0 bridgehead atoms. The minimum absolute atomic E-state index is 0.0722. The Bertz CT molecular complexity index is 548. The van der Waals surface area contributed by atoms with Gasteiger partial charge < -0.3 is 5.73 Å². The van der Waals surface area contributed by atoms with Gasteiger partial charge in [-0.3, -0.25) is 0 Å². The summed E-state index contributed by atoms with van der Waals surface area (Å²) in [6, 6.07) is 0. The smallest absolute Gasteiger partial charge is 0.153 e. The van der Waals surface area contributed by atoms with Crippen LogP contribution in [0.4, 0.5) is 5.82 Å². The molecule has 0 aliphatic rings. The van der Waals surface area contributed by atoms with Gasteiger partial charge in [0.15, 0.2) is 5.82 Å². The Morgan fingerprint density at radius 3 is 2.47 bits per heavy atom. The number of fused-ring (bicyclic) bond motifs is 1. The Morgan fingerprint density at radius 2 is 1.94 bits per heavy atom. The fraction of sp³-hybridized carbons (Fsp3) is 0.583. The van der Waals surface area contributed by atoms with Crippen LogP contribution >= 0.6 is 0 Å². The van der Waals surface area contributed by atoms with E-state index in [1.165, 1.54) is 6.33 Å². The Labute approximate surface area is 101 Å². The number of nitrogens with two attached hydrogens (primary N) is 1. The molecule has 0 aliphatic carbocycles. The molecule has 2 aromatic rings. The van der Waals surface area contributed by atoms with Crippen molar-refractivity contribution in [3.63, 3.8) is 0 Å². The van der Waals surface area contributed by atoms with Crippen molar-refractivity contribution in [2.45, 2.75) is 46.0 Å². The van der Waals surface area contributed by atoms with E-state index >= 15 is 0 Å². The molecule has 0 saturated carbocycles. The van der Waals surface area contributed by atoms with E-state index in [4.69, 9.17) is 10.7 Å². The normalized spacial score (nSPS) is 12.6. The molecule has 0 aliphatic heterocycles. The third-order valence-corrected chi connectivity index (χ3v) is 2.71. The van der Waals surface area contributed by atoms with E-state index in [-0.39, 0.29) is 5.41 Å². The lowest BCUT2D eigenvalue weighted by atomic mass is 9.91. The first kappa shape index (κ1) is 11.8. The Balaban J connectivity index is 2.86. The van der Waals surface area contributed by atoms with Crippen molar-refractivity contribution in [2.75, 3.05) is 5.73 Å². The van der Waals surface area contributed by atoms with Crippen LogP contribution in [0.25, 0.3) is 5.52 Å². The molecule has 5 heteroatoms. The summed E-state index contributed by atoms with van der Waals surface area (Å²) in [4.78, 5) is 8.76. The van der Waals surface area contributed by atoms with Crippen LogP contribution in [0, 0.1) is 0 Å². The first-order chi connectivity index (χ1) is 7.82. The molecule has 2 heterocycles. The minimum atomic E-state index is -0.0722. The predicted octanol–water partition coefficient (Wildman–Crippen LogP) is 2.13. The molecule has 0 aromatic carbocycles. The number of aromatic nitrogens is 4. The average Bonchev–Trinajstić information content (AvgIpc) is 2.57. The lowest BCUT2D eigenvalue weighted by Crippen LogP contribution is -2.13. The molecule has 0 spiro atoms. The summed E-state index contributed by atoms with van der Waals surface area (Å²) in [5.41, 5.74) is 7.68. The summed E-state index contributed by atoms with van der Waals surface area (Å²) in [5, 5.41) is 4.26. The van der Waals surface area contributed by atoms with Gasteiger partial charge in [0.25, 0.3) is 0 Å². The van der Waals surface area contributed by atoms with Crippen molar-refractivity contribution >= 4 is 11.3 Å². The van der Waals surface area contributed by atoms with Gasteiger partial charge >= 0.3 is 0 Å². The van der Waals surface area contributed by atoms with E-state index in [9.17, 15) is 0 Å². The number of rotatable bonds is 1. The van der Waals surface area contributed by atoms with Crippen LogP contribution in [-0.4, -0.2) is 19.6 Å². The Morgan fingerprint density at radius 1 is 1.29 bits per heavy atom. The fourth-order valence-electron chi connectivity index (χ4n) is 1.87. The zero-order valence-corrected chi connectivity index (χ0v) is 11.0. The van der Waals surface area contributed by atoms with Crippen LogP contribution < -0.4 is 5.73 Å². The molecule has 5 nitrogen and oxygen atoms in total. The highest BCUT2D eigenvalue weighted by atomic mass is 15.3. The maximum absolute atomic E-state index is 5.96. The van der Waals surface area contributed by atoms with Crippen LogP contribution in [0.2, 0.25) is 0 Å². The second-order valence-electron chi connectivity index (χ2n) is 5.63. The summed E-state index contributed by atoms with van der Waals surface area (Å²) in [7, 11) is 0. The monoisotopic (exact) mass is 233 g/mol. The van der Waals surface area contributed by atoms with E-state index in [0.717, 1.165) is 17.0 Å². The van der Waals surface area contributed by atoms with Gasteiger partial charge in [-0.25, -0.2) is 14.5 Å². The highest BCUT2D eigenvalue weighted by Crippen LogP contribution is 2.30. The van der Waals surface area contributed by atoms with Gasteiger partial charge in [-0.05, 0) is 0 Å². The largest absolute Gasteiger partial charge is 0.382 e. The van der Waals surface area contributed by atoms with Gasteiger partial charge in [0.05, 0.1) is 5.69 Å². The SMILES string of the molecule is CC(C)c1nc(C(C)(C)C)c2c(N)ncnn12. The molecule has 17 heavy (non-hydrogen) atoms. The van der Waals surface area contributed by atoms with Crippen molar-refractivity contribution < 1.29 is 0 Å². The molecule has 2 N–H and O–H groups in total. The van der Waals surface area contributed by atoms with E-state index in [1.807, 2.05) is 4.52 Å². The molecule has 0 amide bonds. The fourth-order valence-corrected chi connectivity index (χ4v) is 1.87. The van der Waals surface area contributed by atoms with Gasteiger partial charge in [0, 0.05) is 11.3 Å². The lowest BCUT2D eigenvalue weighted by molar-refractivity contribution is 0.574. The standard InChI is InChI=1S/C12H19N5/c1-7(2)11-16-9(12(3,4)5)8-10(13)14-6-15-17(8)11/h6-7H,1-5H3,(H2,13,14,15). The van der Waals surface area contributed by atoms with Gasteiger partial charge in [-0.15, -0.1) is 0 Å². The van der Waals surface area contributed by atoms with E-state index < -0.39 is 0 Å². The molecule has 92 valence electrons. The van der Waals surface area contributed by atoms with Crippen LogP contribution in [0.15, 0.2) is 6.33 Å². The highest BCUT2D eigenvalue weighted by Gasteiger charge is 2.25. The quantitative estimate of drug-likeness (QED) is 0.819. The summed E-state index contributed by atoms with van der Waals surface area (Å²) in [6.07, 6.45) is 1.47. The molecular formula is C12H19N5. The molecule has 0 fully saturated rings. The molecule has 0 unspecified atom stereocenters. The van der Waals surface area contributed by atoms with Crippen molar-refractivity contribution in [3.05, 3.63) is 17.8 Å². The lowest BCUT2D eigenvalue weighted by Gasteiger charge is -2.15. The second-order valence-corrected chi connectivity index (χ2v) is 5.63. The first-order valence-electron chi connectivity index (χ1n) is 5.82. The summed E-state index contributed by atoms with van der Waals surface area (Å²) in [6.45, 7) is 10.5. The number of nitrogens with zero attached hydrogens (tertiary/aromatic N) is 4. The van der Waals surface area contributed by atoms with Crippen molar-refractivity contribution in [2.24, 2.45) is 0 Å². The summed E-state index contributed by atoms with van der Waals surface area (Å²) < 4.78 is 1.81. The maximum atomic E-state index is 5.96. The minimum Gasteiger partial charge on any atom is -0.382 e. The van der Waals surface area contributed by atoms with Gasteiger partial charge in [-0.2, -0.15) is 5.10 Å². The van der Waals surface area contributed by atoms with Gasteiger partial charge in [0.2, 0.25) is 0 Å². The molecule has 2 rings (SSSR count). The van der Waals surface area contributed by atoms with Crippen LogP contribution in [0.1, 0.15) is 52.1 Å². The van der Waals surface area contributed by atoms with Crippen LogP contribution in [-0.2, 0) is 5.41 Å². The molecule has 0 atom stereocenters. The van der Waals surface area contributed by atoms with Crippen LogP contribution in [0.5, 0.6) is 0 Å². The van der Waals surface area contributed by atoms with Crippen molar-refractivity contribution in [1.82, 2.24) is 19.6 Å². The van der Waals surface area contributed by atoms with E-state index in [2.05, 4.69) is 44.7 Å². The topological polar surface area (TPSA) is 69.1 Å². The molecule has 0 saturated heterocycles. The zero-order chi connectivity index (χ0) is 12.8.